The molecule has 2 N–H and O–H groups in total. The van der Waals surface area contributed by atoms with E-state index >= 15 is 0 Å². The van der Waals surface area contributed by atoms with Crippen molar-refractivity contribution in [2.75, 3.05) is 13.6 Å². The molecule has 2 aliphatic rings. The summed E-state index contributed by atoms with van der Waals surface area (Å²) in [6.45, 7) is 0.112. The van der Waals surface area contributed by atoms with Crippen LogP contribution in [-0.4, -0.2) is 53.6 Å². The summed E-state index contributed by atoms with van der Waals surface area (Å²) in [5.41, 5.74) is 8.79. The lowest BCUT2D eigenvalue weighted by molar-refractivity contribution is -0.140. The Kier molecular flexibility index (Phi) is 5.63. The highest BCUT2D eigenvalue weighted by Crippen LogP contribution is 2.31. The van der Waals surface area contributed by atoms with Crippen LogP contribution in [0.25, 0.3) is 10.4 Å². The highest BCUT2D eigenvalue weighted by molar-refractivity contribution is 5.90. The molecule has 1 unspecified atom stereocenters. The number of amides is 2. The minimum atomic E-state index is -0.775. The van der Waals surface area contributed by atoms with E-state index < -0.39 is 18.2 Å². The summed E-state index contributed by atoms with van der Waals surface area (Å²) in [5.74, 6) is -0.608. The molecule has 0 radical (unpaired) electrons. The van der Waals surface area contributed by atoms with Crippen molar-refractivity contribution in [2.24, 2.45) is 11.0 Å². The highest BCUT2D eigenvalue weighted by Gasteiger charge is 2.42. The van der Waals surface area contributed by atoms with Crippen molar-refractivity contribution >= 4 is 11.8 Å². The number of carbonyl (C=O) groups is 2. The zero-order valence-electron chi connectivity index (χ0n) is 12.8. The molecule has 0 aromatic heterocycles. The third kappa shape index (κ3) is 3.51. The van der Waals surface area contributed by atoms with Crippen molar-refractivity contribution in [3.05, 3.63) is 10.4 Å². The predicted molar refractivity (Wildman–Crippen MR) is 79.7 cm³/mol. The van der Waals surface area contributed by atoms with Crippen molar-refractivity contribution in [1.82, 2.24) is 10.2 Å². The van der Waals surface area contributed by atoms with Crippen LogP contribution in [0.4, 0.5) is 0 Å². The first-order valence-electron chi connectivity index (χ1n) is 7.82. The fourth-order valence-electron chi connectivity index (χ4n) is 3.49. The van der Waals surface area contributed by atoms with E-state index in [4.69, 9.17) is 5.53 Å². The second kappa shape index (κ2) is 7.47. The van der Waals surface area contributed by atoms with Crippen LogP contribution < -0.4 is 5.32 Å². The van der Waals surface area contributed by atoms with Gasteiger partial charge in [-0.2, -0.15) is 0 Å². The minimum absolute atomic E-state index is 0.0280. The normalized spacial score (nSPS) is 27.1. The van der Waals surface area contributed by atoms with Crippen LogP contribution >= 0.6 is 0 Å². The van der Waals surface area contributed by atoms with Gasteiger partial charge in [-0.3, -0.25) is 9.59 Å². The summed E-state index contributed by atoms with van der Waals surface area (Å²) in [5, 5.41) is 16.0. The SMILES string of the molecule is CNC(=O)[C@@H]1C[C@@H](O)CN1C(=O)C(N=[N+]=[N-])C1CCCCC1. The number of β-amino-alcohol motifs (C(OH)–C–C–N with tert-alkyl or cyclic N) is 1. The van der Waals surface area contributed by atoms with Gasteiger partial charge in [0.25, 0.3) is 0 Å². The Balaban J connectivity index is 2.17. The van der Waals surface area contributed by atoms with Gasteiger partial charge in [-0.15, -0.1) is 0 Å². The van der Waals surface area contributed by atoms with Gasteiger partial charge in [0.05, 0.1) is 6.10 Å². The molecular formula is C14H23N5O3. The zero-order chi connectivity index (χ0) is 16.1. The minimum Gasteiger partial charge on any atom is -0.391 e. The second-order valence-corrected chi connectivity index (χ2v) is 6.06. The number of azide groups is 1. The van der Waals surface area contributed by atoms with Crippen molar-refractivity contribution in [1.29, 1.82) is 0 Å². The molecule has 3 atom stereocenters. The Bertz CT molecular complexity index is 471. The van der Waals surface area contributed by atoms with E-state index in [1.54, 1.807) is 0 Å². The lowest BCUT2D eigenvalue weighted by Gasteiger charge is -2.31. The maximum atomic E-state index is 12.8. The maximum absolute atomic E-state index is 12.8. The van der Waals surface area contributed by atoms with Crippen LogP contribution in [0, 0.1) is 5.92 Å². The molecule has 0 spiro atoms. The number of aliphatic hydroxyl groups is 1. The molecule has 8 heteroatoms. The molecule has 0 aromatic rings. The van der Waals surface area contributed by atoms with Gasteiger partial charge in [-0.1, -0.05) is 24.4 Å². The van der Waals surface area contributed by atoms with Gasteiger partial charge in [-0.25, -0.2) is 0 Å². The standard InChI is InChI=1S/C14H23N5O3/c1-16-13(21)11-7-10(20)8-19(11)14(22)12(17-18-15)9-5-3-2-4-6-9/h9-12,20H,2-8H2,1H3,(H,16,21)/t10-,11+,12?/m1/s1. The maximum Gasteiger partial charge on any atom is 0.242 e. The first kappa shape index (κ1) is 16.6. The number of hydrogen-bond acceptors (Lipinski definition) is 4. The van der Waals surface area contributed by atoms with Gasteiger partial charge in [0.2, 0.25) is 11.8 Å². The summed E-state index contributed by atoms with van der Waals surface area (Å²) in [6.07, 6.45) is 4.40. The van der Waals surface area contributed by atoms with E-state index in [2.05, 4.69) is 15.3 Å². The van der Waals surface area contributed by atoms with Crippen molar-refractivity contribution in [3.8, 4) is 0 Å². The van der Waals surface area contributed by atoms with Gasteiger partial charge in [0.15, 0.2) is 0 Å². The summed E-state index contributed by atoms with van der Waals surface area (Å²) in [6, 6.07) is -1.46. The van der Waals surface area contributed by atoms with Gasteiger partial charge >= 0.3 is 0 Å². The van der Waals surface area contributed by atoms with E-state index in [1.807, 2.05) is 0 Å². The number of nitrogens with zero attached hydrogens (tertiary/aromatic N) is 4. The number of likely N-dealkylation sites (tertiary alicyclic amines) is 1. The fraction of sp³-hybridized carbons (Fsp3) is 0.857. The molecular weight excluding hydrogens is 286 g/mol. The van der Waals surface area contributed by atoms with E-state index in [-0.39, 0.29) is 30.7 Å². The summed E-state index contributed by atoms with van der Waals surface area (Å²) >= 11 is 0. The van der Waals surface area contributed by atoms with E-state index in [1.165, 1.54) is 11.9 Å². The smallest absolute Gasteiger partial charge is 0.242 e. The third-order valence-electron chi connectivity index (χ3n) is 4.64. The van der Waals surface area contributed by atoms with Crippen LogP contribution in [0.3, 0.4) is 0 Å². The van der Waals surface area contributed by atoms with Crippen LogP contribution in [0.1, 0.15) is 38.5 Å². The monoisotopic (exact) mass is 309 g/mol. The average molecular weight is 309 g/mol. The van der Waals surface area contributed by atoms with Gasteiger partial charge < -0.3 is 15.3 Å². The number of rotatable bonds is 4. The Labute approximate surface area is 129 Å². The molecule has 1 saturated carbocycles. The van der Waals surface area contributed by atoms with E-state index in [0.29, 0.717) is 0 Å². The molecule has 1 saturated heterocycles. The molecule has 22 heavy (non-hydrogen) atoms. The third-order valence-corrected chi connectivity index (χ3v) is 4.64. The van der Waals surface area contributed by atoms with Crippen LogP contribution in [0.15, 0.2) is 5.11 Å². The first-order chi connectivity index (χ1) is 10.6. The second-order valence-electron chi connectivity index (χ2n) is 6.06. The average Bonchev–Trinajstić information content (AvgIpc) is 2.94. The number of nitrogens with one attached hydrogen (secondary N) is 1. The predicted octanol–water partition coefficient (Wildman–Crippen LogP) is 0.953. The van der Waals surface area contributed by atoms with Crippen molar-refractivity contribution in [2.45, 2.75) is 56.7 Å². The molecule has 1 aliphatic carbocycles. The Morgan fingerprint density at radius 3 is 2.64 bits per heavy atom. The Morgan fingerprint density at radius 1 is 1.36 bits per heavy atom. The van der Waals surface area contributed by atoms with Crippen molar-refractivity contribution in [3.63, 3.8) is 0 Å². The summed E-state index contributed by atoms with van der Waals surface area (Å²) < 4.78 is 0. The van der Waals surface area contributed by atoms with Crippen LogP contribution in [0.2, 0.25) is 0 Å². The van der Waals surface area contributed by atoms with Crippen molar-refractivity contribution < 1.29 is 14.7 Å². The number of aliphatic hydroxyl groups excluding tert-OH is 1. The van der Waals surface area contributed by atoms with E-state index in [0.717, 1.165) is 32.1 Å². The molecule has 0 bridgehead atoms. The molecule has 2 fully saturated rings. The Morgan fingerprint density at radius 2 is 2.05 bits per heavy atom. The fourth-order valence-corrected chi connectivity index (χ4v) is 3.49. The highest BCUT2D eigenvalue weighted by atomic mass is 16.3. The Hall–Kier alpha value is -1.79. The first-order valence-corrected chi connectivity index (χ1v) is 7.82. The number of hydrogen-bond donors (Lipinski definition) is 2. The van der Waals surface area contributed by atoms with Crippen LogP contribution in [0.5, 0.6) is 0 Å². The quantitative estimate of drug-likeness (QED) is 0.457. The molecule has 2 rings (SSSR count). The number of likely N-dealkylation sites (N-methyl/N-ethyl adjacent to an activating group) is 1. The number of carbonyl (C=O) groups excluding carboxylic acids is 2. The topological polar surface area (TPSA) is 118 Å². The van der Waals surface area contributed by atoms with Crippen LogP contribution in [-0.2, 0) is 9.59 Å². The van der Waals surface area contributed by atoms with Gasteiger partial charge in [0.1, 0.15) is 12.1 Å². The zero-order valence-corrected chi connectivity index (χ0v) is 12.8. The lowest BCUT2D eigenvalue weighted by Crippen LogP contribution is -2.49. The molecule has 122 valence electrons. The molecule has 0 aromatic carbocycles. The summed E-state index contributed by atoms with van der Waals surface area (Å²) in [7, 11) is 1.50. The van der Waals surface area contributed by atoms with E-state index in [9.17, 15) is 14.7 Å². The molecule has 8 nitrogen and oxygen atoms in total. The molecule has 1 heterocycles. The molecule has 2 amide bonds. The molecule has 1 aliphatic heterocycles. The van der Waals surface area contributed by atoms with Gasteiger partial charge in [-0.05, 0) is 24.3 Å². The van der Waals surface area contributed by atoms with Gasteiger partial charge in [0, 0.05) is 24.9 Å². The lowest BCUT2D eigenvalue weighted by atomic mass is 9.83. The summed E-state index contributed by atoms with van der Waals surface area (Å²) in [4.78, 5) is 28.9. The largest absolute Gasteiger partial charge is 0.391 e.